The predicted molar refractivity (Wildman–Crippen MR) is 103 cm³/mol. The Morgan fingerprint density at radius 3 is 2.63 bits per heavy atom. The van der Waals surface area contributed by atoms with Crippen LogP contribution in [0.2, 0.25) is 0 Å². The summed E-state index contributed by atoms with van der Waals surface area (Å²) >= 11 is 2.11. The van der Waals surface area contributed by atoms with Crippen molar-refractivity contribution in [2.75, 3.05) is 17.7 Å². The highest BCUT2D eigenvalue weighted by Crippen LogP contribution is 2.33. The van der Waals surface area contributed by atoms with Gasteiger partial charge in [-0.05, 0) is 19.4 Å². The van der Waals surface area contributed by atoms with Crippen LogP contribution < -0.4 is 11.1 Å². The van der Waals surface area contributed by atoms with E-state index in [0.717, 1.165) is 28.9 Å². The predicted octanol–water partition coefficient (Wildman–Crippen LogP) is 2.30. The molecule has 0 saturated heterocycles. The van der Waals surface area contributed by atoms with Crippen LogP contribution in [0.3, 0.4) is 0 Å². The minimum absolute atomic E-state index is 0.0422. The fourth-order valence-corrected chi connectivity index (χ4v) is 3.83. The summed E-state index contributed by atoms with van der Waals surface area (Å²) in [6, 6.07) is 0. The van der Waals surface area contributed by atoms with Crippen molar-refractivity contribution in [2.45, 2.75) is 38.8 Å². The number of hydrogen-bond donors (Lipinski definition) is 3. The first-order valence-corrected chi connectivity index (χ1v) is 10.00. The van der Waals surface area contributed by atoms with Crippen molar-refractivity contribution in [3.63, 3.8) is 0 Å². The number of carbonyl (C=O) groups is 3. The number of rotatable bonds is 8. The van der Waals surface area contributed by atoms with Crippen LogP contribution in [-0.4, -0.2) is 45.3 Å². The number of thiophene rings is 1. The fourth-order valence-electron chi connectivity index (χ4n) is 2.16. The lowest BCUT2D eigenvalue weighted by Gasteiger charge is -2.06. The van der Waals surface area contributed by atoms with Crippen LogP contribution >= 0.6 is 23.1 Å². The van der Waals surface area contributed by atoms with Crippen molar-refractivity contribution in [1.82, 2.24) is 15.2 Å². The number of primary amides is 1. The second kappa shape index (κ2) is 9.00. The van der Waals surface area contributed by atoms with E-state index in [1.165, 1.54) is 0 Å². The molecule has 2 amide bonds. The molecule has 146 valence electrons. The number of hydrogen-bond acceptors (Lipinski definition) is 8. The summed E-state index contributed by atoms with van der Waals surface area (Å²) in [7, 11) is 0. The van der Waals surface area contributed by atoms with Gasteiger partial charge in [-0.15, -0.1) is 16.4 Å². The van der Waals surface area contributed by atoms with Gasteiger partial charge in [0.2, 0.25) is 11.1 Å². The summed E-state index contributed by atoms with van der Waals surface area (Å²) in [6.07, 6.45) is 0. The highest BCUT2D eigenvalue weighted by molar-refractivity contribution is 7.99. The zero-order valence-electron chi connectivity index (χ0n) is 15.4. The van der Waals surface area contributed by atoms with Gasteiger partial charge in [-0.25, -0.2) is 9.78 Å². The molecule has 0 radical (unpaired) electrons. The maximum absolute atomic E-state index is 12.3. The molecule has 11 heteroatoms. The van der Waals surface area contributed by atoms with E-state index in [0.29, 0.717) is 10.7 Å². The normalized spacial score (nSPS) is 10.9. The minimum Gasteiger partial charge on any atom is -0.462 e. The van der Waals surface area contributed by atoms with Gasteiger partial charge in [0, 0.05) is 5.92 Å². The molecule has 9 nitrogen and oxygen atoms in total. The van der Waals surface area contributed by atoms with Crippen LogP contribution in [0.4, 0.5) is 5.00 Å². The molecule has 0 fully saturated rings. The molecule has 2 aromatic rings. The summed E-state index contributed by atoms with van der Waals surface area (Å²) < 4.78 is 5.01. The molecule has 0 spiro atoms. The van der Waals surface area contributed by atoms with Crippen molar-refractivity contribution < 1.29 is 19.1 Å². The maximum atomic E-state index is 12.3. The van der Waals surface area contributed by atoms with Gasteiger partial charge in [-0.1, -0.05) is 25.6 Å². The van der Waals surface area contributed by atoms with Gasteiger partial charge in [-0.3, -0.25) is 14.7 Å². The van der Waals surface area contributed by atoms with Crippen molar-refractivity contribution in [2.24, 2.45) is 5.73 Å². The molecule has 2 aromatic heterocycles. The number of carbonyl (C=O) groups excluding carboxylic acids is 3. The van der Waals surface area contributed by atoms with Gasteiger partial charge in [0.15, 0.2) is 0 Å². The third-order valence-electron chi connectivity index (χ3n) is 3.46. The molecule has 0 saturated carbocycles. The molecule has 0 unspecified atom stereocenters. The van der Waals surface area contributed by atoms with Crippen LogP contribution in [0, 0.1) is 6.92 Å². The smallest absolute Gasteiger partial charge is 0.341 e. The molecule has 0 aromatic carbocycles. The average Bonchev–Trinajstić information content (AvgIpc) is 3.18. The number of nitrogens with zero attached hydrogens (tertiary/aromatic N) is 2. The Balaban J connectivity index is 2.12. The molecule has 0 aliphatic heterocycles. The second-order valence-electron chi connectivity index (χ2n) is 5.84. The number of ether oxygens (including phenoxy) is 1. The van der Waals surface area contributed by atoms with Crippen molar-refractivity contribution in [3.8, 4) is 0 Å². The molecular weight excluding hydrogens is 390 g/mol. The Hall–Kier alpha value is -2.40. The van der Waals surface area contributed by atoms with Crippen LogP contribution in [0.25, 0.3) is 0 Å². The Morgan fingerprint density at radius 2 is 2.07 bits per heavy atom. The van der Waals surface area contributed by atoms with E-state index < -0.39 is 11.9 Å². The van der Waals surface area contributed by atoms with Gasteiger partial charge >= 0.3 is 5.97 Å². The van der Waals surface area contributed by atoms with E-state index in [1.54, 1.807) is 13.8 Å². The van der Waals surface area contributed by atoms with Gasteiger partial charge in [0.1, 0.15) is 10.8 Å². The zero-order valence-corrected chi connectivity index (χ0v) is 17.0. The van der Waals surface area contributed by atoms with Gasteiger partial charge in [-0.2, -0.15) is 0 Å². The van der Waals surface area contributed by atoms with Crippen molar-refractivity contribution in [1.29, 1.82) is 0 Å². The molecule has 0 atom stereocenters. The zero-order chi connectivity index (χ0) is 20.1. The Labute approximate surface area is 164 Å². The van der Waals surface area contributed by atoms with E-state index in [-0.39, 0.29) is 39.6 Å². The van der Waals surface area contributed by atoms with Crippen LogP contribution in [0.1, 0.15) is 58.1 Å². The molecule has 0 aliphatic rings. The topological polar surface area (TPSA) is 140 Å². The lowest BCUT2D eigenvalue weighted by molar-refractivity contribution is -0.113. The van der Waals surface area contributed by atoms with E-state index in [1.807, 2.05) is 13.8 Å². The summed E-state index contributed by atoms with van der Waals surface area (Å²) in [5, 5.41) is 10.2. The summed E-state index contributed by atoms with van der Waals surface area (Å²) in [6.45, 7) is 7.40. The molecule has 4 N–H and O–H groups in total. The summed E-state index contributed by atoms with van der Waals surface area (Å²) in [5.41, 5.74) is 5.89. The van der Waals surface area contributed by atoms with E-state index in [9.17, 15) is 14.4 Å². The van der Waals surface area contributed by atoms with Crippen LogP contribution in [-0.2, 0) is 9.53 Å². The molecule has 27 heavy (non-hydrogen) atoms. The highest BCUT2D eigenvalue weighted by atomic mass is 32.2. The van der Waals surface area contributed by atoms with Crippen molar-refractivity contribution >= 4 is 45.9 Å². The number of nitrogens with two attached hydrogens (primary N) is 1. The molecule has 2 heterocycles. The standard InChI is InChI=1S/C16H21N5O4S2/c1-5-25-15(24)10-8(4)11(12(17)23)27-14(10)18-9(22)6-26-16-19-13(7(2)3)20-21-16/h7H,5-6H2,1-4H3,(H2,17,23)(H,18,22)(H,19,20,21). The third-order valence-corrected chi connectivity index (χ3v) is 5.53. The van der Waals surface area contributed by atoms with Gasteiger partial charge in [0.05, 0.1) is 22.8 Å². The highest BCUT2D eigenvalue weighted by Gasteiger charge is 2.25. The summed E-state index contributed by atoms with van der Waals surface area (Å²) in [4.78, 5) is 40.5. The summed E-state index contributed by atoms with van der Waals surface area (Å²) in [5.74, 6) is -0.659. The number of amides is 2. The van der Waals surface area contributed by atoms with E-state index in [2.05, 4.69) is 20.5 Å². The number of anilines is 1. The molecule has 2 rings (SSSR count). The minimum atomic E-state index is -0.667. The van der Waals surface area contributed by atoms with Gasteiger partial charge in [0.25, 0.3) is 5.91 Å². The lowest BCUT2D eigenvalue weighted by Crippen LogP contribution is -2.16. The van der Waals surface area contributed by atoms with E-state index >= 15 is 0 Å². The molecule has 0 bridgehead atoms. The van der Waals surface area contributed by atoms with Crippen LogP contribution in [0.15, 0.2) is 5.16 Å². The van der Waals surface area contributed by atoms with Gasteiger partial charge < -0.3 is 15.8 Å². The van der Waals surface area contributed by atoms with E-state index in [4.69, 9.17) is 10.5 Å². The number of aromatic nitrogens is 3. The largest absolute Gasteiger partial charge is 0.462 e. The quantitative estimate of drug-likeness (QED) is 0.447. The Morgan fingerprint density at radius 1 is 1.37 bits per heavy atom. The Bertz CT molecular complexity index is 859. The fraction of sp³-hybridized carbons (Fsp3) is 0.438. The first-order chi connectivity index (χ1) is 12.7. The SMILES string of the molecule is CCOC(=O)c1c(NC(=O)CSc2n[nH]c(C(C)C)n2)sc(C(N)=O)c1C. The maximum Gasteiger partial charge on any atom is 0.341 e. The number of aromatic amines is 1. The number of esters is 1. The first kappa shape index (κ1) is 20.9. The number of H-pyrrole nitrogens is 1. The number of nitrogens with one attached hydrogen (secondary N) is 2. The Kier molecular flexibility index (Phi) is 6.97. The van der Waals surface area contributed by atoms with Crippen molar-refractivity contribution in [3.05, 3.63) is 21.8 Å². The molecule has 0 aliphatic carbocycles. The lowest BCUT2D eigenvalue weighted by atomic mass is 10.1. The van der Waals surface area contributed by atoms with Crippen LogP contribution in [0.5, 0.6) is 0 Å². The number of thioether (sulfide) groups is 1. The first-order valence-electron chi connectivity index (χ1n) is 8.19. The average molecular weight is 412 g/mol. The third kappa shape index (κ3) is 5.07. The second-order valence-corrected chi connectivity index (χ2v) is 7.80. The molecular formula is C16H21N5O4S2. The monoisotopic (exact) mass is 411 g/mol.